The highest BCUT2D eigenvalue weighted by molar-refractivity contribution is 7.80. The molecule has 0 aliphatic heterocycles. The second-order valence-electron chi connectivity index (χ2n) is 5.69. The number of benzene rings is 1. The van der Waals surface area contributed by atoms with Gasteiger partial charge in [-0.25, -0.2) is 0 Å². The molecular weight excluding hydrogens is 366 g/mol. The van der Waals surface area contributed by atoms with Crippen LogP contribution in [0.1, 0.15) is 22.2 Å². The Kier molecular flexibility index (Phi) is 5.68. The van der Waals surface area contributed by atoms with Crippen LogP contribution < -0.4 is 9.88 Å². The van der Waals surface area contributed by atoms with Gasteiger partial charge in [0.15, 0.2) is 17.4 Å². The maximum absolute atomic E-state index is 13.1. The number of hydrogen-bond acceptors (Lipinski definition) is 5. The van der Waals surface area contributed by atoms with Gasteiger partial charge in [0.25, 0.3) is 11.7 Å². The fourth-order valence-corrected chi connectivity index (χ4v) is 2.86. The van der Waals surface area contributed by atoms with Gasteiger partial charge in [-0.1, -0.05) is 18.3 Å². The van der Waals surface area contributed by atoms with Crippen LogP contribution in [0.3, 0.4) is 0 Å². The van der Waals surface area contributed by atoms with E-state index in [1.807, 2.05) is 6.07 Å². The molecule has 27 heavy (non-hydrogen) atoms. The van der Waals surface area contributed by atoms with E-state index in [4.69, 9.17) is 16.6 Å². The van der Waals surface area contributed by atoms with E-state index in [0.717, 1.165) is 0 Å². The summed E-state index contributed by atoms with van der Waals surface area (Å²) in [6.07, 6.45) is 5.05. The SMILES string of the molecule is O=C(c1ccc([N+](=O)[O-])cc1)[C@H](C(=S)NCc1ccco1)[n+]1ccccc1. The first-order chi connectivity index (χ1) is 13.1. The van der Waals surface area contributed by atoms with E-state index in [1.165, 1.54) is 24.3 Å². The molecule has 0 saturated heterocycles. The van der Waals surface area contributed by atoms with Gasteiger partial charge in [0.1, 0.15) is 5.76 Å². The second-order valence-corrected chi connectivity index (χ2v) is 6.13. The topological polar surface area (TPSA) is 89.3 Å². The van der Waals surface area contributed by atoms with Gasteiger partial charge in [-0.2, -0.15) is 4.57 Å². The quantitative estimate of drug-likeness (QED) is 0.222. The third-order valence-electron chi connectivity index (χ3n) is 3.91. The van der Waals surface area contributed by atoms with Crippen molar-refractivity contribution in [2.45, 2.75) is 12.6 Å². The third-order valence-corrected chi connectivity index (χ3v) is 4.28. The highest BCUT2D eigenvalue weighted by atomic mass is 32.1. The Balaban J connectivity index is 1.86. The van der Waals surface area contributed by atoms with Crippen molar-refractivity contribution in [2.24, 2.45) is 0 Å². The number of carbonyl (C=O) groups is 1. The average molecular weight is 382 g/mol. The lowest BCUT2D eigenvalue weighted by atomic mass is 10.0. The van der Waals surface area contributed by atoms with Crippen molar-refractivity contribution in [1.82, 2.24) is 5.32 Å². The van der Waals surface area contributed by atoms with Crippen LogP contribution in [0, 0.1) is 10.1 Å². The van der Waals surface area contributed by atoms with Crippen molar-refractivity contribution in [1.29, 1.82) is 0 Å². The summed E-state index contributed by atoms with van der Waals surface area (Å²) in [6, 6.07) is 13.7. The number of nitro benzene ring substituents is 1. The van der Waals surface area contributed by atoms with Crippen LogP contribution in [0.15, 0.2) is 77.7 Å². The molecule has 0 saturated carbocycles. The van der Waals surface area contributed by atoms with E-state index < -0.39 is 11.0 Å². The van der Waals surface area contributed by atoms with Crippen molar-refractivity contribution in [3.8, 4) is 0 Å². The summed E-state index contributed by atoms with van der Waals surface area (Å²) < 4.78 is 6.97. The zero-order valence-electron chi connectivity index (χ0n) is 14.1. The van der Waals surface area contributed by atoms with Gasteiger partial charge in [-0.3, -0.25) is 14.9 Å². The van der Waals surface area contributed by atoms with Gasteiger partial charge >= 0.3 is 0 Å². The predicted octanol–water partition coefficient (Wildman–Crippen LogP) is 3.02. The van der Waals surface area contributed by atoms with Crippen molar-refractivity contribution < 1.29 is 18.7 Å². The fourth-order valence-electron chi connectivity index (χ4n) is 2.56. The Hall–Kier alpha value is -3.39. The molecule has 2 aromatic heterocycles. The van der Waals surface area contributed by atoms with Crippen molar-refractivity contribution in [3.63, 3.8) is 0 Å². The van der Waals surface area contributed by atoms with E-state index in [-0.39, 0.29) is 11.5 Å². The zero-order valence-corrected chi connectivity index (χ0v) is 15.0. The summed E-state index contributed by atoms with van der Waals surface area (Å²) in [7, 11) is 0. The standard InChI is InChI=1S/C19H15N3O4S/c23-18(14-6-8-15(9-7-14)22(24)25)17(21-10-2-1-3-11-21)19(27)20-13-16-5-4-12-26-16/h1-12,17H,13H2/p+1/t17-/m1/s1. The van der Waals surface area contributed by atoms with Crippen LogP contribution >= 0.6 is 12.2 Å². The fraction of sp³-hybridized carbons (Fsp3) is 0.105. The van der Waals surface area contributed by atoms with E-state index in [9.17, 15) is 14.9 Å². The molecule has 0 aliphatic rings. The Bertz CT molecular complexity index is 941. The van der Waals surface area contributed by atoms with E-state index >= 15 is 0 Å². The number of furan rings is 1. The van der Waals surface area contributed by atoms with Crippen LogP contribution in [0.5, 0.6) is 0 Å². The summed E-state index contributed by atoms with van der Waals surface area (Å²) in [6.45, 7) is 0.350. The number of Topliss-reactive ketones (excluding diaryl/α,β-unsaturated/α-hetero) is 1. The molecule has 0 radical (unpaired) electrons. The lowest BCUT2D eigenvalue weighted by Crippen LogP contribution is -2.51. The molecule has 0 amide bonds. The van der Waals surface area contributed by atoms with Gasteiger partial charge in [0, 0.05) is 29.8 Å². The molecule has 0 bridgehead atoms. The number of rotatable bonds is 7. The lowest BCUT2D eigenvalue weighted by molar-refractivity contribution is -0.692. The number of non-ortho nitro benzene ring substituents is 1. The number of thiocarbonyl (C=S) groups is 1. The number of aromatic nitrogens is 1. The molecule has 3 aromatic rings. The molecule has 2 heterocycles. The van der Waals surface area contributed by atoms with Gasteiger partial charge in [0.2, 0.25) is 5.78 Å². The first-order valence-corrected chi connectivity index (χ1v) is 8.51. The van der Waals surface area contributed by atoms with Gasteiger partial charge < -0.3 is 9.73 Å². The smallest absolute Gasteiger partial charge is 0.270 e. The molecule has 8 heteroatoms. The number of nitrogens with zero attached hydrogens (tertiary/aromatic N) is 2. The molecule has 1 aromatic carbocycles. The van der Waals surface area contributed by atoms with Crippen LogP contribution in [-0.2, 0) is 6.54 Å². The maximum atomic E-state index is 13.1. The number of nitro groups is 1. The number of nitrogens with one attached hydrogen (secondary N) is 1. The Morgan fingerprint density at radius 2 is 1.85 bits per heavy atom. The monoisotopic (exact) mass is 382 g/mol. The minimum Gasteiger partial charge on any atom is -0.467 e. The van der Waals surface area contributed by atoms with Crippen LogP contribution in [0.2, 0.25) is 0 Å². The van der Waals surface area contributed by atoms with E-state index in [1.54, 1.807) is 47.5 Å². The van der Waals surface area contributed by atoms with Crippen LogP contribution in [0.4, 0.5) is 5.69 Å². The van der Waals surface area contributed by atoms with Gasteiger partial charge in [0.05, 0.1) is 17.7 Å². The first-order valence-electron chi connectivity index (χ1n) is 8.11. The highest BCUT2D eigenvalue weighted by Crippen LogP contribution is 2.16. The summed E-state index contributed by atoms with van der Waals surface area (Å²) in [5.41, 5.74) is 0.262. The van der Waals surface area contributed by atoms with Gasteiger partial charge in [-0.05, 0) is 24.3 Å². The van der Waals surface area contributed by atoms with E-state index in [0.29, 0.717) is 22.9 Å². The Labute approximate surface area is 160 Å². The average Bonchev–Trinajstić information content (AvgIpc) is 3.21. The summed E-state index contributed by atoms with van der Waals surface area (Å²) in [5, 5.41) is 13.9. The highest BCUT2D eigenvalue weighted by Gasteiger charge is 2.33. The molecule has 0 spiro atoms. The van der Waals surface area contributed by atoms with Crippen molar-refractivity contribution in [2.75, 3.05) is 0 Å². The number of pyridine rings is 1. The third kappa shape index (κ3) is 4.42. The number of carbonyl (C=O) groups excluding carboxylic acids is 1. The molecule has 0 aliphatic carbocycles. The molecule has 0 unspecified atom stereocenters. The summed E-state index contributed by atoms with van der Waals surface area (Å²) in [5.74, 6) is 0.426. The molecular formula is C19H16N3O4S+. The summed E-state index contributed by atoms with van der Waals surface area (Å²) >= 11 is 5.47. The van der Waals surface area contributed by atoms with Crippen molar-refractivity contribution >= 4 is 28.7 Å². The maximum Gasteiger partial charge on any atom is 0.270 e. The minimum absolute atomic E-state index is 0.0750. The molecule has 1 N–H and O–H groups in total. The van der Waals surface area contributed by atoms with Crippen LogP contribution in [-0.4, -0.2) is 15.7 Å². The predicted molar refractivity (Wildman–Crippen MR) is 101 cm³/mol. The largest absolute Gasteiger partial charge is 0.467 e. The number of hydrogen-bond donors (Lipinski definition) is 1. The van der Waals surface area contributed by atoms with Crippen molar-refractivity contribution in [3.05, 3.63) is 94.7 Å². The molecule has 136 valence electrons. The first kappa shape index (κ1) is 18.4. The minimum atomic E-state index is -0.780. The second kappa shape index (κ2) is 8.33. The Morgan fingerprint density at radius 1 is 1.15 bits per heavy atom. The Morgan fingerprint density at radius 3 is 2.44 bits per heavy atom. The normalized spacial score (nSPS) is 11.6. The molecule has 1 atom stereocenters. The summed E-state index contributed by atoms with van der Waals surface area (Å²) in [4.78, 5) is 23.7. The van der Waals surface area contributed by atoms with Crippen LogP contribution in [0.25, 0.3) is 0 Å². The van der Waals surface area contributed by atoms with E-state index in [2.05, 4.69) is 5.32 Å². The molecule has 7 nitrogen and oxygen atoms in total. The zero-order chi connectivity index (χ0) is 19.2. The molecule has 3 rings (SSSR count). The lowest BCUT2D eigenvalue weighted by Gasteiger charge is -2.14. The van der Waals surface area contributed by atoms with Gasteiger partial charge in [-0.15, -0.1) is 0 Å². The molecule has 0 fully saturated rings. The number of ketones is 1.